The standard InChI is InChI=1S/C17H31N3/c1-8-14-13(10-11-18-17(5,6)7)15(9-2)20-16(19-14)12(3)4/h12,18H,8-11H2,1-7H3. The average molecular weight is 277 g/mol. The fourth-order valence-electron chi connectivity index (χ4n) is 2.30. The monoisotopic (exact) mass is 277 g/mol. The molecular formula is C17H31N3. The van der Waals surface area contributed by atoms with Crippen molar-refractivity contribution in [3.63, 3.8) is 0 Å². The number of aromatic nitrogens is 2. The van der Waals surface area contributed by atoms with E-state index in [4.69, 9.17) is 9.97 Å². The van der Waals surface area contributed by atoms with Crippen molar-refractivity contribution in [3.8, 4) is 0 Å². The Hall–Kier alpha value is -0.960. The Morgan fingerprint density at radius 1 is 1.00 bits per heavy atom. The van der Waals surface area contributed by atoms with Crippen molar-refractivity contribution in [2.75, 3.05) is 6.54 Å². The molecule has 0 aromatic carbocycles. The van der Waals surface area contributed by atoms with E-state index >= 15 is 0 Å². The summed E-state index contributed by atoms with van der Waals surface area (Å²) in [6.45, 7) is 16.3. The number of hydrogen-bond donors (Lipinski definition) is 1. The highest BCUT2D eigenvalue weighted by Crippen LogP contribution is 2.18. The smallest absolute Gasteiger partial charge is 0.131 e. The summed E-state index contributed by atoms with van der Waals surface area (Å²) in [6, 6.07) is 0. The van der Waals surface area contributed by atoms with Crippen LogP contribution in [0.3, 0.4) is 0 Å². The maximum absolute atomic E-state index is 4.78. The van der Waals surface area contributed by atoms with Crippen molar-refractivity contribution in [2.24, 2.45) is 0 Å². The van der Waals surface area contributed by atoms with Gasteiger partial charge in [-0.2, -0.15) is 0 Å². The van der Waals surface area contributed by atoms with Crippen LogP contribution in [0, 0.1) is 0 Å². The van der Waals surface area contributed by atoms with Gasteiger partial charge in [-0.15, -0.1) is 0 Å². The van der Waals surface area contributed by atoms with Crippen LogP contribution in [-0.4, -0.2) is 22.1 Å². The number of rotatable bonds is 6. The van der Waals surface area contributed by atoms with Gasteiger partial charge in [-0.25, -0.2) is 9.97 Å². The van der Waals surface area contributed by atoms with Crippen molar-refractivity contribution in [2.45, 2.75) is 79.2 Å². The van der Waals surface area contributed by atoms with Gasteiger partial charge in [0.05, 0.1) is 0 Å². The normalized spacial score (nSPS) is 12.2. The highest BCUT2D eigenvalue weighted by atomic mass is 14.9. The van der Waals surface area contributed by atoms with Crippen LogP contribution in [0.5, 0.6) is 0 Å². The molecule has 114 valence electrons. The Morgan fingerprint density at radius 2 is 1.50 bits per heavy atom. The molecule has 0 fully saturated rings. The third kappa shape index (κ3) is 4.86. The maximum atomic E-state index is 4.78. The Morgan fingerprint density at radius 3 is 1.85 bits per heavy atom. The molecule has 0 spiro atoms. The van der Waals surface area contributed by atoms with Crippen LogP contribution in [0.2, 0.25) is 0 Å². The third-order valence-corrected chi connectivity index (χ3v) is 3.41. The molecule has 3 heteroatoms. The summed E-state index contributed by atoms with van der Waals surface area (Å²) in [5.74, 6) is 1.39. The van der Waals surface area contributed by atoms with E-state index in [1.165, 1.54) is 17.0 Å². The minimum atomic E-state index is 0.164. The first-order valence-electron chi connectivity index (χ1n) is 7.92. The Balaban J connectivity index is 2.98. The van der Waals surface area contributed by atoms with Crippen molar-refractivity contribution in [1.82, 2.24) is 15.3 Å². The molecule has 0 aliphatic heterocycles. The van der Waals surface area contributed by atoms with Gasteiger partial charge in [0.1, 0.15) is 5.82 Å². The molecule has 0 radical (unpaired) electrons. The lowest BCUT2D eigenvalue weighted by Crippen LogP contribution is -2.37. The third-order valence-electron chi connectivity index (χ3n) is 3.41. The van der Waals surface area contributed by atoms with Crippen LogP contribution in [0.1, 0.15) is 77.2 Å². The highest BCUT2D eigenvalue weighted by Gasteiger charge is 2.15. The zero-order valence-corrected chi connectivity index (χ0v) is 14.3. The fraction of sp³-hybridized carbons (Fsp3) is 0.765. The zero-order chi connectivity index (χ0) is 15.3. The molecule has 0 bridgehead atoms. The van der Waals surface area contributed by atoms with Gasteiger partial charge in [0.15, 0.2) is 0 Å². The summed E-state index contributed by atoms with van der Waals surface area (Å²) in [4.78, 5) is 9.55. The van der Waals surface area contributed by atoms with Crippen LogP contribution in [0.25, 0.3) is 0 Å². The molecule has 1 rings (SSSR count). The SMILES string of the molecule is CCc1nc(C(C)C)nc(CC)c1CCNC(C)(C)C. The van der Waals surface area contributed by atoms with E-state index in [1.54, 1.807) is 0 Å². The van der Waals surface area contributed by atoms with Crippen LogP contribution in [-0.2, 0) is 19.3 Å². The summed E-state index contributed by atoms with van der Waals surface area (Å²) < 4.78 is 0. The van der Waals surface area contributed by atoms with Crippen LogP contribution in [0.4, 0.5) is 0 Å². The lowest BCUT2D eigenvalue weighted by atomic mass is 10.0. The largest absolute Gasteiger partial charge is 0.312 e. The quantitative estimate of drug-likeness (QED) is 0.862. The molecular weight excluding hydrogens is 246 g/mol. The molecule has 0 atom stereocenters. The van der Waals surface area contributed by atoms with Crippen molar-refractivity contribution >= 4 is 0 Å². The van der Waals surface area contributed by atoms with Crippen LogP contribution in [0.15, 0.2) is 0 Å². The van der Waals surface area contributed by atoms with E-state index in [1.807, 2.05) is 0 Å². The summed E-state index contributed by atoms with van der Waals surface area (Å²) in [6.07, 6.45) is 2.99. The molecule has 1 aromatic heterocycles. The summed E-state index contributed by atoms with van der Waals surface area (Å²) in [7, 11) is 0. The lowest BCUT2D eigenvalue weighted by Gasteiger charge is -2.22. The van der Waals surface area contributed by atoms with Gasteiger partial charge in [-0.3, -0.25) is 0 Å². The summed E-state index contributed by atoms with van der Waals surface area (Å²) >= 11 is 0. The average Bonchev–Trinajstić information content (AvgIpc) is 2.36. The summed E-state index contributed by atoms with van der Waals surface area (Å²) in [5, 5.41) is 3.55. The predicted molar refractivity (Wildman–Crippen MR) is 86.3 cm³/mol. The van der Waals surface area contributed by atoms with E-state index in [0.29, 0.717) is 5.92 Å². The Kier molecular flexibility index (Phi) is 6.12. The van der Waals surface area contributed by atoms with Crippen molar-refractivity contribution in [3.05, 3.63) is 22.8 Å². The topological polar surface area (TPSA) is 37.8 Å². The molecule has 0 unspecified atom stereocenters. The minimum absolute atomic E-state index is 0.164. The minimum Gasteiger partial charge on any atom is -0.312 e. The van der Waals surface area contributed by atoms with Crippen molar-refractivity contribution < 1.29 is 0 Å². The molecule has 0 saturated carbocycles. The molecule has 0 saturated heterocycles. The van der Waals surface area contributed by atoms with E-state index in [-0.39, 0.29) is 5.54 Å². The molecule has 1 aromatic rings. The molecule has 0 aliphatic carbocycles. The van der Waals surface area contributed by atoms with E-state index in [9.17, 15) is 0 Å². The molecule has 20 heavy (non-hydrogen) atoms. The second-order valence-electron chi connectivity index (χ2n) is 6.74. The second-order valence-corrected chi connectivity index (χ2v) is 6.74. The van der Waals surface area contributed by atoms with Crippen molar-refractivity contribution in [1.29, 1.82) is 0 Å². The van der Waals surface area contributed by atoms with Gasteiger partial charge in [0.25, 0.3) is 0 Å². The van der Waals surface area contributed by atoms with Crippen LogP contribution >= 0.6 is 0 Å². The maximum Gasteiger partial charge on any atom is 0.131 e. The fourth-order valence-corrected chi connectivity index (χ4v) is 2.30. The van der Waals surface area contributed by atoms with Gasteiger partial charge in [0.2, 0.25) is 0 Å². The van der Waals surface area contributed by atoms with E-state index in [0.717, 1.165) is 31.6 Å². The second kappa shape index (κ2) is 7.16. The van der Waals surface area contributed by atoms with E-state index in [2.05, 4.69) is 53.8 Å². The van der Waals surface area contributed by atoms with Gasteiger partial charge >= 0.3 is 0 Å². The molecule has 0 amide bonds. The van der Waals surface area contributed by atoms with E-state index < -0.39 is 0 Å². The zero-order valence-electron chi connectivity index (χ0n) is 14.3. The van der Waals surface area contributed by atoms with Crippen LogP contribution < -0.4 is 5.32 Å². The predicted octanol–water partition coefficient (Wildman–Crippen LogP) is 3.66. The number of hydrogen-bond acceptors (Lipinski definition) is 3. The first-order chi connectivity index (χ1) is 9.28. The molecule has 3 nitrogen and oxygen atoms in total. The van der Waals surface area contributed by atoms with Gasteiger partial charge in [-0.1, -0.05) is 27.7 Å². The van der Waals surface area contributed by atoms with Gasteiger partial charge in [0, 0.05) is 22.8 Å². The number of aryl methyl sites for hydroxylation is 2. The number of nitrogens with one attached hydrogen (secondary N) is 1. The first kappa shape index (κ1) is 17.1. The molecule has 1 heterocycles. The Labute approximate surface area is 124 Å². The lowest BCUT2D eigenvalue weighted by molar-refractivity contribution is 0.428. The molecule has 1 N–H and O–H groups in total. The highest BCUT2D eigenvalue weighted by molar-refractivity contribution is 5.27. The Bertz CT molecular complexity index is 405. The summed E-state index contributed by atoms with van der Waals surface area (Å²) in [5.41, 5.74) is 3.99. The van der Waals surface area contributed by atoms with Gasteiger partial charge < -0.3 is 5.32 Å². The first-order valence-corrected chi connectivity index (χ1v) is 7.92. The van der Waals surface area contributed by atoms with Gasteiger partial charge in [-0.05, 0) is 52.1 Å². The number of nitrogens with zero attached hydrogens (tertiary/aromatic N) is 2. The molecule has 0 aliphatic rings.